The number of hydrogen-bond donors (Lipinski definition) is 3. The number of rotatable bonds is 10. The zero-order valence-corrected chi connectivity index (χ0v) is 32.7. The average Bonchev–Trinajstić information content (AvgIpc) is 3.28. The summed E-state index contributed by atoms with van der Waals surface area (Å²) in [7, 11) is 0. The van der Waals surface area contributed by atoms with E-state index in [4.69, 9.17) is 18.9 Å². The van der Waals surface area contributed by atoms with Crippen LogP contribution in [0.4, 0.5) is 0 Å². The Kier molecular flexibility index (Phi) is 11.4. The number of esters is 3. The summed E-state index contributed by atoms with van der Waals surface area (Å²) >= 11 is 0. The van der Waals surface area contributed by atoms with E-state index in [0.717, 1.165) is 37.7 Å². The summed E-state index contributed by atoms with van der Waals surface area (Å²) in [6.07, 6.45) is -2.56. The van der Waals surface area contributed by atoms with Gasteiger partial charge < -0.3 is 34.3 Å². The maximum atomic E-state index is 14.6. The van der Waals surface area contributed by atoms with Crippen molar-refractivity contribution in [2.75, 3.05) is 6.61 Å². The average molecular weight is 731 g/mol. The van der Waals surface area contributed by atoms with Crippen LogP contribution < -0.4 is 0 Å². The first kappa shape index (κ1) is 40.6. The van der Waals surface area contributed by atoms with Crippen molar-refractivity contribution in [1.29, 1.82) is 0 Å². The fourth-order valence-corrected chi connectivity index (χ4v) is 11.2. The lowest BCUT2D eigenvalue weighted by molar-refractivity contribution is -0.295. The van der Waals surface area contributed by atoms with E-state index in [1.54, 1.807) is 0 Å². The van der Waals surface area contributed by atoms with E-state index in [0.29, 0.717) is 31.5 Å². The second kappa shape index (κ2) is 14.6. The summed E-state index contributed by atoms with van der Waals surface area (Å²) in [5.74, 6) is -2.28. The lowest BCUT2D eigenvalue weighted by Gasteiger charge is -2.60. The van der Waals surface area contributed by atoms with Gasteiger partial charge in [0.25, 0.3) is 0 Å². The number of Topliss-reactive ketones (excluding diaryl/α,β-unsaturated/α-hetero) is 1. The standard InChI is InChI=1S/C41H62O11/c1-21(2)22(3)11-12-25(36(48)52-37-35(47)34(46)33(45)29(51-37)20-49-23(4)42)32-28(50-24(5)43)19-41(10)27-13-14-30-38(6,7)31(44)16-17-39(30,8)26(27)15-18-40(32,41)9/h21,25,28-30,32-35,37,45-47H,3,11-20H2,1-2,4-10H3/t25-,28-,29-,30+,32+,33-,34+,35-,37-,39-,40-,41+/m1/s1. The van der Waals surface area contributed by atoms with Gasteiger partial charge in [-0.2, -0.15) is 0 Å². The van der Waals surface area contributed by atoms with Crippen molar-refractivity contribution < 1.29 is 53.4 Å². The minimum atomic E-state index is -1.77. The van der Waals surface area contributed by atoms with Gasteiger partial charge in [0, 0.05) is 31.6 Å². The molecule has 5 rings (SSSR count). The van der Waals surface area contributed by atoms with Gasteiger partial charge >= 0.3 is 17.9 Å². The van der Waals surface area contributed by atoms with E-state index < -0.39 is 89.4 Å². The van der Waals surface area contributed by atoms with Gasteiger partial charge in [0.15, 0.2) is 0 Å². The first-order chi connectivity index (χ1) is 24.1. The lowest BCUT2D eigenvalue weighted by Crippen LogP contribution is -2.60. The molecule has 0 aromatic rings. The zero-order valence-electron chi connectivity index (χ0n) is 32.7. The molecule has 0 unspecified atom stereocenters. The maximum Gasteiger partial charge on any atom is 0.311 e. The topological polar surface area (TPSA) is 166 Å². The Labute approximate surface area is 308 Å². The molecule has 5 aliphatic rings. The molecule has 12 atom stereocenters. The van der Waals surface area contributed by atoms with E-state index in [1.807, 2.05) is 13.8 Å². The van der Waals surface area contributed by atoms with Crippen molar-refractivity contribution in [1.82, 2.24) is 0 Å². The molecule has 0 aromatic heterocycles. The number of fused-ring (bicyclic) bond motifs is 4. The second-order valence-electron chi connectivity index (χ2n) is 18.0. The Bertz CT molecular complexity index is 1480. The summed E-state index contributed by atoms with van der Waals surface area (Å²) in [4.78, 5) is 52.0. The van der Waals surface area contributed by atoms with Crippen LogP contribution in [0.25, 0.3) is 0 Å². The predicted octanol–water partition coefficient (Wildman–Crippen LogP) is 5.37. The van der Waals surface area contributed by atoms with E-state index in [9.17, 15) is 34.5 Å². The monoisotopic (exact) mass is 730 g/mol. The Morgan fingerprint density at radius 2 is 1.58 bits per heavy atom. The minimum Gasteiger partial charge on any atom is -0.463 e. The number of allylic oxidation sites excluding steroid dienone is 3. The van der Waals surface area contributed by atoms with Crippen LogP contribution in [-0.2, 0) is 38.1 Å². The van der Waals surface area contributed by atoms with Crippen LogP contribution in [0.1, 0.15) is 120 Å². The van der Waals surface area contributed by atoms with Crippen LogP contribution in [-0.4, -0.2) is 82.4 Å². The number of ketones is 1. The van der Waals surface area contributed by atoms with Crippen LogP contribution >= 0.6 is 0 Å². The number of hydrogen-bond acceptors (Lipinski definition) is 11. The fraction of sp³-hybridized carbons (Fsp3) is 0.805. The molecule has 0 spiro atoms. The maximum absolute atomic E-state index is 14.6. The third-order valence-corrected chi connectivity index (χ3v) is 14.5. The van der Waals surface area contributed by atoms with Gasteiger partial charge in [0.1, 0.15) is 42.9 Å². The molecule has 0 aromatic carbocycles. The van der Waals surface area contributed by atoms with Crippen LogP contribution in [0.3, 0.4) is 0 Å². The van der Waals surface area contributed by atoms with Gasteiger partial charge in [0.2, 0.25) is 6.29 Å². The first-order valence-corrected chi connectivity index (χ1v) is 19.2. The molecule has 0 radical (unpaired) electrons. The smallest absolute Gasteiger partial charge is 0.311 e. The SMILES string of the molecule is C=C(CC[C@@H](C(=O)O[C@H]1O[C@H](COC(C)=O)[C@@H](O)[C@H](O)[C@H]1O)[C@H]1[C@H](OC(C)=O)C[C@@]2(C)C3=C(CC[C@]12C)[C@@]1(C)CCC(=O)C(C)(C)[C@@H]1CC3)C(C)C. The minimum absolute atomic E-state index is 0.125. The molecule has 1 heterocycles. The number of ether oxygens (including phenoxy) is 4. The van der Waals surface area contributed by atoms with Crippen LogP contribution in [0.15, 0.2) is 23.3 Å². The van der Waals surface area contributed by atoms with Crippen LogP contribution in [0, 0.1) is 45.3 Å². The van der Waals surface area contributed by atoms with E-state index in [1.165, 1.54) is 25.0 Å². The summed E-state index contributed by atoms with van der Waals surface area (Å²) in [6.45, 7) is 21.5. The normalized spacial score (nSPS) is 40.3. The van der Waals surface area contributed by atoms with E-state index in [-0.39, 0.29) is 17.3 Å². The Morgan fingerprint density at radius 3 is 2.19 bits per heavy atom. The number of aliphatic hydroxyl groups excluding tert-OH is 3. The summed E-state index contributed by atoms with van der Waals surface area (Å²) in [5, 5.41) is 32.1. The Balaban J connectivity index is 1.54. The molecular weight excluding hydrogens is 668 g/mol. The van der Waals surface area contributed by atoms with Crippen LogP contribution in [0.5, 0.6) is 0 Å². The highest BCUT2D eigenvalue weighted by Gasteiger charge is 2.68. The zero-order chi connectivity index (χ0) is 38.7. The molecule has 3 N–H and O–H groups in total. The molecular formula is C41H62O11. The predicted molar refractivity (Wildman–Crippen MR) is 191 cm³/mol. The summed E-state index contributed by atoms with van der Waals surface area (Å²) < 4.78 is 22.9. The molecule has 2 saturated carbocycles. The molecule has 1 aliphatic heterocycles. The molecule has 4 aliphatic carbocycles. The highest BCUT2D eigenvalue weighted by molar-refractivity contribution is 5.86. The number of carbonyl (C=O) groups is 4. The highest BCUT2D eigenvalue weighted by atomic mass is 16.7. The Morgan fingerprint density at radius 1 is 0.904 bits per heavy atom. The Hall–Kier alpha value is -2.60. The molecule has 11 heteroatoms. The summed E-state index contributed by atoms with van der Waals surface area (Å²) in [6, 6.07) is 0. The molecule has 0 bridgehead atoms. The van der Waals surface area contributed by atoms with E-state index >= 15 is 0 Å². The highest BCUT2D eigenvalue weighted by Crippen LogP contribution is 2.72. The van der Waals surface area contributed by atoms with Crippen LogP contribution in [0.2, 0.25) is 0 Å². The molecule has 3 fully saturated rings. The van der Waals surface area contributed by atoms with Gasteiger partial charge in [0.05, 0.1) is 5.92 Å². The summed E-state index contributed by atoms with van der Waals surface area (Å²) in [5.41, 5.74) is 2.30. The van der Waals surface area contributed by atoms with Gasteiger partial charge in [-0.15, -0.1) is 0 Å². The van der Waals surface area contributed by atoms with Gasteiger partial charge in [-0.3, -0.25) is 19.2 Å². The number of carbonyl (C=O) groups excluding carboxylic acids is 4. The first-order valence-electron chi connectivity index (χ1n) is 19.2. The quantitative estimate of drug-likeness (QED) is 0.150. The second-order valence-corrected chi connectivity index (χ2v) is 18.0. The van der Waals surface area contributed by atoms with E-state index in [2.05, 4.69) is 41.2 Å². The van der Waals surface area contributed by atoms with Crippen molar-refractivity contribution in [2.45, 2.75) is 157 Å². The lowest BCUT2D eigenvalue weighted by atomic mass is 9.43. The molecule has 292 valence electrons. The molecule has 52 heavy (non-hydrogen) atoms. The molecule has 11 nitrogen and oxygen atoms in total. The van der Waals surface area contributed by atoms with Crippen molar-refractivity contribution in [2.24, 2.45) is 45.3 Å². The third kappa shape index (κ3) is 6.81. The molecule has 1 saturated heterocycles. The largest absolute Gasteiger partial charge is 0.463 e. The molecule has 0 amide bonds. The third-order valence-electron chi connectivity index (χ3n) is 14.5. The van der Waals surface area contributed by atoms with Crippen molar-refractivity contribution in [3.8, 4) is 0 Å². The van der Waals surface area contributed by atoms with Gasteiger partial charge in [-0.1, -0.05) is 71.8 Å². The van der Waals surface area contributed by atoms with Gasteiger partial charge in [-0.05, 0) is 79.4 Å². The van der Waals surface area contributed by atoms with Crippen molar-refractivity contribution >= 4 is 23.7 Å². The van der Waals surface area contributed by atoms with Crippen molar-refractivity contribution in [3.05, 3.63) is 23.3 Å². The van der Waals surface area contributed by atoms with Crippen molar-refractivity contribution in [3.63, 3.8) is 0 Å². The fourth-order valence-electron chi connectivity index (χ4n) is 11.2. The van der Waals surface area contributed by atoms with Gasteiger partial charge in [-0.25, -0.2) is 0 Å². The number of aliphatic hydroxyl groups is 3.